The van der Waals surface area contributed by atoms with E-state index in [0.717, 1.165) is 18.9 Å². The lowest BCUT2D eigenvalue weighted by atomic mass is 9.89. The molecule has 0 radical (unpaired) electrons. The van der Waals surface area contributed by atoms with Gasteiger partial charge in [0, 0.05) is 12.6 Å². The van der Waals surface area contributed by atoms with Crippen molar-refractivity contribution < 1.29 is 4.74 Å². The summed E-state index contributed by atoms with van der Waals surface area (Å²) in [5.74, 6) is 0.843. The lowest BCUT2D eigenvalue weighted by molar-refractivity contribution is -0.0782. The predicted octanol–water partition coefficient (Wildman–Crippen LogP) is 3.36. The van der Waals surface area contributed by atoms with Gasteiger partial charge in [0.05, 0.1) is 5.60 Å². The molecule has 0 amide bonds. The van der Waals surface area contributed by atoms with Crippen molar-refractivity contribution in [3.05, 3.63) is 0 Å². The van der Waals surface area contributed by atoms with E-state index in [1.807, 2.05) is 0 Å². The number of nitrogens with one attached hydrogen (secondary N) is 1. The molecule has 1 aliphatic heterocycles. The minimum absolute atomic E-state index is 0.115. The molecule has 2 unspecified atom stereocenters. The Morgan fingerprint density at radius 3 is 2.56 bits per heavy atom. The molecule has 16 heavy (non-hydrogen) atoms. The standard InChI is InChI=1S/C14H29NO/c1-5-12(6-2)11-15-13-8-9-16-14(4,7-3)10-13/h12-13,15H,5-11H2,1-4H3. The highest BCUT2D eigenvalue weighted by atomic mass is 16.5. The predicted molar refractivity (Wildman–Crippen MR) is 69.7 cm³/mol. The fraction of sp³-hybridized carbons (Fsp3) is 1.00. The van der Waals surface area contributed by atoms with Crippen LogP contribution < -0.4 is 5.32 Å². The summed E-state index contributed by atoms with van der Waals surface area (Å²) in [4.78, 5) is 0. The zero-order valence-corrected chi connectivity index (χ0v) is 11.5. The van der Waals surface area contributed by atoms with E-state index in [0.29, 0.717) is 6.04 Å². The van der Waals surface area contributed by atoms with E-state index in [4.69, 9.17) is 4.74 Å². The van der Waals surface area contributed by atoms with E-state index in [9.17, 15) is 0 Å². The summed E-state index contributed by atoms with van der Waals surface area (Å²) in [6.07, 6.45) is 6.05. The van der Waals surface area contributed by atoms with Crippen molar-refractivity contribution in [2.75, 3.05) is 13.2 Å². The SMILES string of the molecule is CCC(CC)CNC1CCOC(C)(CC)C1. The molecule has 1 rings (SSSR count). The van der Waals surface area contributed by atoms with Crippen molar-refractivity contribution in [3.8, 4) is 0 Å². The van der Waals surface area contributed by atoms with Crippen LogP contribution in [-0.2, 0) is 4.74 Å². The summed E-state index contributed by atoms with van der Waals surface area (Å²) >= 11 is 0. The molecule has 1 heterocycles. The van der Waals surface area contributed by atoms with Gasteiger partial charge in [0.15, 0.2) is 0 Å². The molecule has 0 aromatic rings. The number of rotatable bonds is 6. The highest BCUT2D eigenvalue weighted by molar-refractivity contribution is 4.85. The van der Waals surface area contributed by atoms with E-state index >= 15 is 0 Å². The molecule has 0 saturated carbocycles. The summed E-state index contributed by atoms with van der Waals surface area (Å²) < 4.78 is 5.86. The van der Waals surface area contributed by atoms with Gasteiger partial charge in [0.1, 0.15) is 0 Å². The van der Waals surface area contributed by atoms with Crippen molar-refractivity contribution in [2.45, 2.75) is 71.4 Å². The van der Waals surface area contributed by atoms with Crippen LogP contribution in [-0.4, -0.2) is 24.8 Å². The van der Waals surface area contributed by atoms with Crippen LogP contribution in [0.25, 0.3) is 0 Å². The van der Waals surface area contributed by atoms with Gasteiger partial charge in [0.25, 0.3) is 0 Å². The average molecular weight is 227 g/mol. The Morgan fingerprint density at radius 2 is 2.00 bits per heavy atom. The second-order valence-corrected chi connectivity index (χ2v) is 5.43. The molecule has 0 bridgehead atoms. The lowest BCUT2D eigenvalue weighted by Gasteiger charge is -2.38. The van der Waals surface area contributed by atoms with Gasteiger partial charge in [-0.15, -0.1) is 0 Å². The fourth-order valence-electron chi connectivity index (χ4n) is 2.46. The molecule has 1 N–H and O–H groups in total. The van der Waals surface area contributed by atoms with Crippen LogP contribution in [0.5, 0.6) is 0 Å². The Bertz CT molecular complexity index is 191. The van der Waals surface area contributed by atoms with Gasteiger partial charge in [-0.2, -0.15) is 0 Å². The van der Waals surface area contributed by atoms with E-state index < -0.39 is 0 Å². The normalized spacial score (nSPS) is 30.9. The smallest absolute Gasteiger partial charge is 0.0666 e. The highest BCUT2D eigenvalue weighted by Crippen LogP contribution is 2.27. The molecule has 2 atom stereocenters. The maximum atomic E-state index is 5.86. The third-order valence-corrected chi connectivity index (χ3v) is 4.19. The lowest BCUT2D eigenvalue weighted by Crippen LogP contribution is -2.46. The van der Waals surface area contributed by atoms with Crippen molar-refractivity contribution in [3.63, 3.8) is 0 Å². The first-order valence-electron chi connectivity index (χ1n) is 7.00. The fourth-order valence-corrected chi connectivity index (χ4v) is 2.46. The summed E-state index contributed by atoms with van der Waals surface area (Å²) in [6.45, 7) is 11.1. The second-order valence-electron chi connectivity index (χ2n) is 5.43. The molecular weight excluding hydrogens is 198 g/mol. The molecule has 1 saturated heterocycles. The van der Waals surface area contributed by atoms with Gasteiger partial charge >= 0.3 is 0 Å². The Balaban J connectivity index is 2.32. The monoisotopic (exact) mass is 227 g/mol. The zero-order valence-electron chi connectivity index (χ0n) is 11.5. The van der Waals surface area contributed by atoms with Gasteiger partial charge in [0.2, 0.25) is 0 Å². The molecule has 0 aliphatic carbocycles. The summed E-state index contributed by atoms with van der Waals surface area (Å²) in [5, 5.41) is 3.73. The topological polar surface area (TPSA) is 21.3 Å². The minimum atomic E-state index is 0.115. The van der Waals surface area contributed by atoms with Crippen molar-refractivity contribution in [1.29, 1.82) is 0 Å². The van der Waals surface area contributed by atoms with E-state index in [1.54, 1.807) is 0 Å². The molecule has 2 heteroatoms. The quantitative estimate of drug-likeness (QED) is 0.751. The molecule has 0 aromatic heterocycles. The average Bonchev–Trinajstić information content (AvgIpc) is 2.31. The summed E-state index contributed by atoms with van der Waals surface area (Å²) in [7, 11) is 0. The Labute approximate surface area is 101 Å². The zero-order chi connectivity index (χ0) is 12.0. The third kappa shape index (κ3) is 4.06. The van der Waals surface area contributed by atoms with Crippen LogP contribution in [0.4, 0.5) is 0 Å². The highest BCUT2D eigenvalue weighted by Gasteiger charge is 2.31. The summed E-state index contributed by atoms with van der Waals surface area (Å²) in [6, 6.07) is 0.666. The third-order valence-electron chi connectivity index (χ3n) is 4.19. The summed E-state index contributed by atoms with van der Waals surface area (Å²) in [5.41, 5.74) is 0.115. The molecule has 2 nitrogen and oxygen atoms in total. The Morgan fingerprint density at radius 1 is 1.31 bits per heavy atom. The van der Waals surface area contributed by atoms with E-state index in [2.05, 4.69) is 33.0 Å². The van der Waals surface area contributed by atoms with Crippen LogP contribution in [0.2, 0.25) is 0 Å². The van der Waals surface area contributed by atoms with E-state index in [-0.39, 0.29) is 5.60 Å². The van der Waals surface area contributed by atoms with Crippen molar-refractivity contribution in [2.24, 2.45) is 5.92 Å². The maximum absolute atomic E-state index is 5.86. The maximum Gasteiger partial charge on any atom is 0.0666 e. The Hall–Kier alpha value is -0.0800. The first-order valence-corrected chi connectivity index (χ1v) is 7.00. The number of hydrogen-bond acceptors (Lipinski definition) is 2. The van der Waals surface area contributed by atoms with Gasteiger partial charge in [-0.25, -0.2) is 0 Å². The van der Waals surface area contributed by atoms with Crippen molar-refractivity contribution in [1.82, 2.24) is 5.32 Å². The minimum Gasteiger partial charge on any atom is -0.375 e. The van der Waals surface area contributed by atoms with Crippen LogP contribution in [0, 0.1) is 5.92 Å². The molecule has 1 fully saturated rings. The van der Waals surface area contributed by atoms with Crippen LogP contribution in [0.3, 0.4) is 0 Å². The van der Waals surface area contributed by atoms with Crippen LogP contribution in [0.1, 0.15) is 59.8 Å². The largest absolute Gasteiger partial charge is 0.375 e. The van der Waals surface area contributed by atoms with Gasteiger partial charge in [-0.1, -0.05) is 33.6 Å². The molecular formula is C14H29NO. The van der Waals surface area contributed by atoms with E-state index in [1.165, 1.54) is 32.2 Å². The van der Waals surface area contributed by atoms with Crippen LogP contribution >= 0.6 is 0 Å². The van der Waals surface area contributed by atoms with Gasteiger partial charge in [-0.3, -0.25) is 0 Å². The van der Waals surface area contributed by atoms with Crippen LogP contribution in [0.15, 0.2) is 0 Å². The first-order chi connectivity index (χ1) is 7.63. The first kappa shape index (κ1) is 14.0. The van der Waals surface area contributed by atoms with Gasteiger partial charge in [-0.05, 0) is 38.6 Å². The second kappa shape index (κ2) is 6.61. The molecule has 1 aliphatic rings. The number of ether oxygens (including phenoxy) is 1. The molecule has 0 spiro atoms. The van der Waals surface area contributed by atoms with Gasteiger partial charge < -0.3 is 10.1 Å². The molecule has 0 aromatic carbocycles. The molecule has 96 valence electrons. The number of hydrogen-bond donors (Lipinski definition) is 1. The van der Waals surface area contributed by atoms with Crippen molar-refractivity contribution >= 4 is 0 Å². The Kier molecular flexibility index (Phi) is 5.77.